The fourth-order valence-electron chi connectivity index (χ4n) is 13.3. The van der Waals surface area contributed by atoms with Crippen LogP contribution < -0.4 is 21.7 Å². The maximum atomic E-state index is 14.6. The van der Waals surface area contributed by atoms with E-state index in [1.807, 2.05) is 109 Å². The molecule has 24 heteroatoms. The second-order valence-corrected chi connectivity index (χ2v) is 27.0. The summed E-state index contributed by atoms with van der Waals surface area (Å²) in [6.45, 7) is 10.6. The molecule has 0 spiro atoms. The average Bonchev–Trinajstić information content (AvgIpc) is 1.64. The zero-order chi connectivity index (χ0) is 75.2. The molecule has 0 bridgehead atoms. The molecule has 2 saturated heterocycles. The first kappa shape index (κ1) is 79.0. The largest absolute Gasteiger partial charge is 0.469 e. The van der Waals surface area contributed by atoms with E-state index in [0.29, 0.717) is 62.5 Å². The second kappa shape index (κ2) is 38.6. The van der Waals surface area contributed by atoms with Crippen molar-refractivity contribution in [3.05, 3.63) is 245 Å². The van der Waals surface area contributed by atoms with Gasteiger partial charge in [-0.15, -0.1) is 0 Å². The predicted molar refractivity (Wildman–Crippen MR) is 390 cm³/mol. The summed E-state index contributed by atoms with van der Waals surface area (Å²) in [4.78, 5) is 81.2. The Labute approximate surface area is 614 Å². The van der Waals surface area contributed by atoms with Crippen molar-refractivity contribution in [1.82, 2.24) is 35.6 Å². The van der Waals surface area contributed by atoms with Crippen molar-refractivity contribution in [3.8, 4) is 0 Å². The van der Waals surface area contributed by atoms with E-state index in [0.717, 1.165) is 124 Å². The highest BCUT2D eigenvalue weighted by molar-refractivity contribution is 5.90. The Morgan fingerprint density at radius 3 is 1.20 bits per heavy atom. The first-order valence-corrected chi connectivity index (χ1v) is 36.0. The van der Waals surface area contributed by atoms with E-state index in [9.17, 15) is 55.1 Å². The fourth-order valence-corrected chi connectivity index (χ4v) is 13.3. The number of morpholine rings is 2. The van der Waals surface area contributed by atoms with Gasteiger partial charge in [0.05, 0.1) is 83.3 Å². The summed E-state index contributed by atoms with van der Waals surface area (Å²) >= 11 is 0. The standard InChI is InChI=1S/C28H31F2N3O3.C25H26F2N2O3.C21H20F2N2O.C4H9NO.C4H6O2/c29-22-8-9-24(30)23(17-22)21-16-25(19-4-2-1-3-5-19)33(18-21)28(35)27(20-6-7-20)31-11-10-26(34)32-12-14-36-15-13-32;1-32-23(30)11-12-28-24(17-7-8-17)25(31)29-15-18(20-14-19(26)9-10-21(20)27)13-22(29)16-5-3-2-4-6-16;22-16-8-9-18(23)17(11-16)15-10-19(13-4-2-1-3-5-13)25(12-15)21(26)20(24)14-6-7-14;1-3-6-4-2-5-1;1-3-4(5)6-2/h1-5,8-9,16-17,20,25,27,31H,6-7,10-15,18H2;2-6,9-10,13-14,17,22,24,28H,7-8,11-12,15H2,1H3;1-5,8-11,14,19-20H,6-7,12,24H2;5H,1-4H2;3H,1H2,2H3/t25-,27-;22-,24-;19-,20-;;/m000../s1. The molecule has 562 valence electrons. The molecule has 6 aromatic carbocycles. The maximum Gasteiger partial charge on any atom is 0.329 e. The number of nitrogens with zero attached hydrogens (tertiary/aromatic N) is 4. The number of rotatable bonds is 21. The number of nitrogens with one attached hydrogen (secondary N) is 3. The van der Waals surface area contributed by atoms with Crippen LogP contribution in [-0.4, -0.2) is 173 Å². The van der Waals surface area contributed by atoms with Crippen LogP contribution in [0.4, 0.5) is 26.3 Å². The number of benzene rings is 6. The lowest BCUT2D eigenvalue weighted by atomic mass is 10.0. The number of amides is 4. The number of methoxy groups -OCH3 is 2. The minimum atomic E-state index is -0.536. The van der Waals surface area contributed by atoms with Crippen LogP contribution in [0.5, 0.6) is 0 Å². The summed E-state index contributed by atoms with van der Waals surface area (Å²) in [5.41, 5.74) is 11.2. The number of esters is 2. The van der Waals surface area contributed by atoms with Crippen LogP contribution >= 0.6 is 0 Å². The number of carbonyl (C=O) groups is 6. The molecule has 0 unspecified atom stereocenters. The minimum Gasteiger partial charge on any atom is -0.469 e. The highest BCUT2D eigenvalue weighted by atomic mass is 19.1. The van der Waals surface area contributed by atoms with E-state index in [1.165, 1.54) is 32.4 Å². The SMILES string of the molecule is C1COCCN1.C=CC(=O)OC.COC(=O)CCN[C@H](C(=O)N1CC(c2cc(F)ccc2F)=C[C@H]1c1ccccc1)C1CC1.N[C@H](C(=O)N1CC(c2cc(F)ccc2F)=C[C@H]1c1ccccc1)C1CC1.O=C(CCN[C@H](C(=O)N1CC(c2cc(F)ccc2F)=C[C@H]1c1ccccc1)C1CC1)N1CCOCC1. The number of nitrogens with two attached hydrogens (primary N) is 1. The first-order chi connectivity index (χ1) is 51.3. The normalized spacial score (nSPS) is 19.6. The fraction of sp³-hybridized carbons (Fsp3) is 0.390. The maximum absolute atomic E-state index is 14.6. The van der Waals surface area contributed by atoms with E-state index in [1.54, 1.807) is 19.6 Å². The van der Waals surface area contributed by atoms with E-state index in [4.69, 9.17) is 15.2 Å². The van der Waals surface area contributed by atoms with Crippen molar-refractivity contribution in [1.29, 1.82) is 0 Å². The van der Waals surface area contributed by atoms with Crippen molar-refractivity contribution in [2.45, 2.75) is 87.6 Å². The number of hydrogen-bond acceptors (Lipinski definition) is 14. The van der Waals surface area contributed by atoms with Crippen molar-refractivity contribution in [2.75, 3.05) is 99.5 Å². The molecule has 6 aromatic rings. The van der Waals surface area contributed by atoms with Gasteiger partial charge in [0, 0.05) is 88.1 Å². The average molecular weight is 1460 g/mol. The van der Waals surface area contributed by atoms with Gasteiger partial charge in [-0.05, 0) is 144 Å². The smallest absolute Gasteiger partial charge is 0.329 e. The van der Waals surface area contributed by atoms with Crippen LogP contribution in [-0.2, 0) is 47.7 Å². The number of carbonyl (C=O) groups excluding carboxylic acids is 6. The van der Waals surface area contributed by atoms with Crippen molar-refractivity contribution >= 4 is 52.3 Å². The molecule has 18 nitrogen and oxygen atoms in total. The topological polar surface area (TPSA) is 214 Å². The Balaban J connectivity index is 0.000000159. The van der Waals surface area contributed by atoms with Crippen molar-refractivity contribution in [2.24, 2.45) is 23.5 Å². The van der Waals surface area contributed by atoms with E-state index in [-0.39, 0.29) is 108 Å². The molecule has 3 aliphatic carbocycles. The highest BCUT2D eigenvalue weighted by Crippen LogP contribution is 2.43. The summed E-state index contributed by atoms with van der Waals surface area (Å²) < 4.78 is 104. The lowest BCUT2D eigenvalue weighted by Crippen LogP contribution is -2.49. The lowest BCUT2D eigenvalue weighted by Gasteiger charge is -2.30. The summed E-state index contributed by atoms with van der Waals surface area (Å²) in [5.74, 6) is -3.42. The van der Waals surface area contributed by atoms with Gasteiger partial charge in [-0.3, -0.25) is 24.0 Å². The monoisotopic (exact) mass is 1460 g/mol. The lowest BCUT2D eigenvalue weighted by molar-refractivity contribution is -0.141. The van der Waals surface area contributed by atoms with Crippen molar-refractivity contribution in [3.63, 3.8) is 0 Å². The zero-order valence-corrected chi connectivity index (χ0v) is 59.6. The Bertz CT molecular complexity index is 4080. The summed E-state index contributed by atoms with van der Waals surface area (Å²) in [5, 5.41) is 9.73. The Kier molecular flexibility index (Phi) is 28.8. The second-order valence-electron chi connectivity index (χ2n) is 27.0. The van der Waals surface area contributed by atoms with Crippen molar-refractivity contribution < 1.29 is 74.1 Å². The van der Waals surface area contributed by atoms with Crippen LogP contribution in [0.15, 0.2) is 176 Å². The summed E-state index contributed by atoms with van der Waals surface area (Å²) in [6.07, 6.45) is 12.8. The Morgan fingerprint density at radius 2 is 0.877 bits per heavy atom. The minimum absolute atomic E-state index is 0.0571. The molecule has 106 heavy (non-hydrogen) atoms. The van der Waals surface area contributed by atoms with Gasteiger partial charge >= 0.3 is 11.9 Å². The number of halogens is 6. The molecular formula is C82H92F6N8O10. The van der Waals surface area contributed by atoms with Gasteiger partial charge < -0.3 is 60.2 Å². The third-order valence-electron chi connectivity index (χ3n) is 19.5. The van der Waals surface area contributed by atoms with Gasteiger partial charge in [0.25, 0.3) is 0 Å². The Hall–Kier alpha value is -9.56. The molecular weight excluding hydrogens is 1370 g/mol. The molecule has 5 N–H and O–H groups in total. The van der Waals surface area contributed by atoms with E-state index < -0.39 is 59.0 Å². The first-order valence-electron chi connectivity index (χ1n) is 36.0. The van der Waals surface area contributed by atoms with Crippen LogP contribution in [0, 0.1) is 52.7 Å². The summed E-state index contributed by atoms with van der Waals surface area (Å²) in [7, 11) is 2.64. The molecule has 14 rings (SSSR count). The Morgan fingerprint density at radius 1 is 0.509 bits per heavy atom. The summed E-state index contributed by atoms with van der Waals surface area (Å²) in [6, 6.07) is 36.3. The number of hydrogen-bond donors (Lipinski definition) is 4. The number of ether oxygens (including phenoxy) is 4. The molecule has 8 aliphatic rings. The molecule has 5 fully saturated rings. The predicted octanol–water partition coefficient (Wildman–Crippen LogP) is 11.0. The third kappa shape index (κ3) is 21.8. The van der Waals surface area contributed by atoms with Crippen LogP contribution in [0.2, 0.25) is 0 Å². The molecule has 3 saturated carbocycles. The van der Waals surface area contributed by atoms with Gasteiger partial charge in [0.2, 0.25) is 23.6 Å². The van der Waals surface area contributed by atoms with Crippen LogP contribution in [0.1, 0.15) is 103 Å². The van der Waals surface area contributed by atoms with Gasteiger partial charge in [0.1, 0.15) is 34.9 Å². The van der Waals surface area contributed by atoms with Gasteiger partial charge in [-0.1, -0.05) is 116 Å². The van der Waals surface area contributed by atoms with E-state index >= 15 is 0 Å². The van der Waals surface area contributed by atoms with E-state index in [2.05, 4.69) is 32.0 Å². The van der Waals surface area contributed by atoms with Gasteiger partial charge in [-0.25, -0.2) is 31.1 Å². The quantitative estimate of drug-likeness (QED) is 0.0300. The van der Waals surface area contributed by atoms with Gasteiger partial charge in [0.15, 0.2) is 0 Å². The highest BCUT2D eigenvalue weighted by Gasteiger charge is 2.45. The zero-order valence-electron chi connectivity index (χ0n) is 59.6. The molecule has 0 radical (unpaired) electrons. The molecule has 6 atom stereocenters. The molecule has 0 aromatic heterocycles. The third-order valence-corrected chi connectivity index (χ3v) is 19.5. The van der Waals surface area contributed by atoms with Crippen LogP contribution in [0.3, 0.4) is 0 Å². The molecule has 5 aliphatic heterocycles. The van der Waals surface area contributed by atoms with Crippen LogP contribution in [0.25, 0.3) is 16.7 Å². The molecule has 4 amide bonds. The molecule has 5 heterocycles. The van der Waals surface area contributed by atoms with Gasteiger partial charge in [-0.2, -0.15) is 0 Å².